The van der Waals surface area contributed by atoms with Crippen molar-refractivity contribution in [2.75, 3.05) is 11.5 Å². The van der Waals surface area contributed by atoms with Crippen molar-refractivity contribution in [1.82, 2.24) is 4.98 Å². The molecule has 1 unspecified atom stereocenters. The SMILES string of the molecule is C=CCOc1cccc(C2C(C(=O)c3ccc(C)o3)=C(O)C(=O)N2c2nc(C)c(C(C)=O)s2)c1. The fourth-order valence-corrected chi connectivity index (χ4v) is 4.77. The Hall–Kier alpha value is -3.98. The molecule has 1 atom stereocenters. The summed E-state index contributed by atoms with van der Waals surface area (Å²) in [5.41, 5.74) is 0.836. The van der Waals surface area contributed by atoms with Crippen molar-refractivity contribution in [2.24, 2.45) is 0 Å². The van der Waals surface area contributed by atoms with E-state index in [4.69, 9.17) is 9.15 Å². The molecule has 8 nitrogen and oxygen atoms in total. The molecular weight excluding hydrogens is 456 g/mol. The fourth-order valence-electron chi connectivity index (χ4n) is 3.78. The molecule has 3 heterocycles. The number of anilines is 1. The maximum absolute atomic E-state index is 13.4. The molecule has 1 aromatic carbocycles. The van der Waals surface area contributed by atoms with Gasteiger partial charge >= 0.3 is 0 Å². The van der Waals surface area contributed by atoms with E-state index in [1.807, 2.05) is 0 Å². The summed E-state index contributed by atoms with van der Waals surface area (Å²) in [5.74, 6) is -1.29. The van der Waals surface area contributed by atoms with Crippen LogP contribution in [-0.4, -0.2) is 34.2 Å². The number of thiazole rings is 1. The zero-order valence-corrected chi connectivity index (χ0v) is 19.6. The number of ketones is 2. The van der Waals surface area contributed by atoms with Crippen LogP contribution in [0.3, 0.4) is 0 Å². The van der Waals surface area contributed by atoms with E-state index in [1.165, 1.54) is 17.9 Å². The smallest absolute Gasteiger partial charge is 0.296 e. The monoisotopic (exact) mass is 478 g/mol. The number of hydrogen-bond donors (Lipinski definition) is 1. The Labute approximate surface area is 199 Å². The molecule has 1 aliphatic rings. The van der Waals surface area contributed by atoms with Crippen molar-refractivity contribution < 1.29 is 28.6 Å². The van der Waals surface area contributed by atoms with Gasteiger partial charge in [0.15, 0.2) is 22.4 Å². The molecule has 174 valence electrons. The average Bonchev–Trinajstić information content (AvgIpc) is 3.48. The van der Waals surface area contributed by atoms with Gasteiger partial charge in [-0.1, -0.05) is 36.1 Å². The van der Waals surface area contributed by atoms with Gasteiger partial charge < -0.3 is 14.3 Å². The third kappa shape index (κ3) is 4.06. The van der Waals surface area contributed by atoms with Crippen LogP contribution in [0.4, 0.5) is 5.13 Å². The van der Waals surface area contributed by atoms with Crippen molar-refractivity contribution >= 4 is 33.9 Å². The third-order valence-corrected chi connectivity index (χ3v) is 6.53. The number of aromatic nitrogens is 1. The zero-order chi connectivity index (χ0) is 24.6. The highest BCUT2D eigenvalue weighted by molar-refractivity contribution is 7.17. The van der Waals surface area contributed by atoms with Gasteiger partial charge in [-0.05, 0) is 43.7 Å². The van der Waals surface area contributed by atoms with Gasteiger partial charge in [0.25, 0.3) is 5.91 Å². The number of amides is 1. The molecule has 1 N–H and O–H groups in total. The maximum Gasteiger partial charge on any atom is 0.296 e. The largest absolute Gasteiger partial charge is 0.503 e. The average molecular weight is 479 g/mol. The molecule has 0 spiro atoms. The van der Waals surface area contributed by atoms with Gasteiger partial charge in [-0.15, -0.1) is 0 Å². The highest BCUT2D eigenvalue weighted by atomic mass is 32.1. The minimum Gasteiger partial charge on any atom is -0.503 e. The molecule has 2 aromatic heterocycles. The molecule has 0 bridgehead atoms. The number of aliphatic hydroxyl groups is 1. The van der Waals surface area contributed by atoms with E-state index in [0.29, 0.717) is 27.6 Å². The first-order chi connectivity index (χ1) is 16.2. The standard InChI is InChI=1S/C25H22N2O6S/c1-5-11-32-17-8-6-7-16(12-17)20-19(21(29)18-10-9-13(2)33-18)22(30)24(31)27(20)25-26-14(3)23(34-25)15(4)28/h5-10,12,20,30H,1,11H2,2-4H3. The van der Waals surface area contributed by atoms with E-state index < -0.39 is 23.5 Å². The van der Waals surface area contributed by atoms with Crippen molar-refractivity contribution in [3.63, 3.8) is 0 Å². The summed E-state index contributed by atoms with van der Waals surface area (Å²) in [6, 6.07) is 8.96. The lowest BCUT2D eigenvalue weighted by Gasteiger charge is -2.24. The Morgan fingerprint density at radius 3 is 2.68 bits per heavy atom. The number of Topliss-reactive ketones (excluding diaryl/α,β-unsaturated/α-hetero) is 2. The summed E-state index contributed by atoms with van der Waals surface area (Å²) in [4.78, 5) is 44.7. The Balaban J connectivity index is 1.87. The number of carbonyl (C=O) groups excluding carboxylic acids is 3. The number of carbonyl (C=O) groups is 3. The van der Waals surface area contributed by atoms with Crippen LogP contribution in [0.2, 0.25) is 0 Å². The first-order valence-corrected chi connectivity index (χ1v) is 11.2. The lowest BCUT2D eigenvalue weighted by atomic mass is 9.95. The van der Waals surface area contributed by atoms with Gasteiger partial charge in [0.1, 0.15) is 18.1 Å². The first-order valence-electron chi connectivity index (χ1n) is 10.4. The highest BCUT2D eigenvalue weighted by Crippen LogP contribution is 2.44. The van der Waals surface area contributed by atoms with E-state index in [2.05, 4.69) is 11.6 Å². The van der Waals surface area contributed by atoms with E-state index in [0.717, 1.165) is 11.3 Å². The summed E-state index contributed by atoms with van der Waals surface area (Å²) in [6.07, 6.45) is 1.60. The summed E-state index contributed by atoms with van der Waals surface area (Å²) in [5, 5.41) is 11.0. The number of aliphatic hydroxyl groups excluding tert-OH is 1. The van der Waals surface area contributed by atoms with Gasteiger partial charge in [-0.3, -0.25) is 19.3 Å². The van der Waals surface area contributed by atoms with Crippen LogP contribution in [0.25, 0.3) is 0 Å². The van der Waals surface area contributed by atoms with Crippen LogP contribution in [0.1, 0.15) is 50.2 Å². The Bertz CT molecular complexity index is 1350. The zero-order valence-electron chi connectivity index (χ0n) is 18.8. The van der Waals surface area contributed by atoms with Crippen LogP contribution in [0, 0.1) is 13.8 Å². The number of aryl methyl sites for hydroxylation is 2. The second-order valence-corrected chi connectivity index (χ2v) is 8.70. The lowest BCUT2D eigenvalue weighted by molar-refractivity contribution is -0.117. The number of hydrogen-bond acceptors (Lipinski definition) is 8. The maximum atomic E-state index is 13.4. The molecule has 4 rings (SSSR count). The van der Waals surface area contributed by atoms with E-state index in [-0.39, 0.29) is 28.9 Å². The van der Waals surface area contributed by atoms with E-state index in [9.17, 15) is 19.5 Å². The highest BCUT2D eigenvalue weighted by Gasteiger charge is 2.46. The molecular formula is C25H22N2O6S. The Morgan fingerprint density at radius 2 is 2.06 bits per heavy atom. The molecule has 34 heavy (non-hydrogen) atoms. The number of nitrogens with zero attached hydrogens (tertiary/aromatic N) is 2. The summed E-state index contributed by atoms with van der Waals surface area (Å²) >= 11 is 1.03. The molecule has 0 aliphatic carbocycles. The number of rotatable bonds is 8. The normalized spacial score (nSPS) is 15.7. The van der Waals surface area contributed by atoms with Crippen LogP contribution < -0.4 is 9.64 Å². The molecule has 0 fully saturated rings. The summed E-state index contributed by atoms with van der Waals surface area (Å²) in [7, 11) is 0. The fraction of sp³-hybridized carbons (Fsp3) is 0.200. The lowest BCUT2D eigenvalue weighted by Crippen LogP contribution is -2.31. The third-order valence-electron chi connectivity index (χ3n) is 5.27. The number of ether oxygens (including phenoxy) is 1. The predicted molar refractivity (Wildman–Crippen MR) is 127 cm³/mol. The molecule has 0 saturated heterocycles. The second-order valence-electron chi connectivity index (χ2n) is 7.72. The minimum atomic E-state index is -1.01. The predicted octanol–water partition coefficient (Wildman–Crippen LogP) is 4.90. The van der Waals surface area contributed by atoms with Gasteiger partial charge in [0.2, 0.25) is 5.78 Å². The Morgan fingerprint density at radius 1 is 1.29 bits per heavy atom. The van der Waals surface area contributed by atoms with Crippen molar-refractivity contribution in [3.8, 4) is 5.75 Å². The first kappa shape index (κ1) is 23.2. The second kappa shape index (κ2) is 9.11. The van der Waals surface area contributed by atoms with Crippen LogP contribution in [-0.2, 0) is 4.79 Å². The summed E-state index contributed by atoms with van der Waals surface area (Å²) < 4.78 is 11.1. The van der Waals surface area contributed by atoms with Gasteiger partial charge in [0, 0.05) is 6.92 Å². The molecule has 3 aromatic rings. The van der Waals surface area contributed by atoms with Crippen LogP contribution >= 0.6 is 11.3 Å². The van der Waals surface area contributed by atoms with Crippen LogP contribution in [0.15, 0.2) is 64.8 Å². The van der Waals surface area contributed by atoms with E-state index in [1.54, 1.807) is 50.3 Å². The van der Waals surface area contributed by atoms with Crippen LogP contribution in [0.5, 0.6) is 5.75 Å². The van der Waals surface area contributed by atoms with Crippen molar-refractivity contribution in [3.05, 3.63) is 88.0 Å². The molecule has 9 heteroatoms. The van der Waals surface area contributed by atoms with Gasteiger partial charge in [-0.2, -0.15) is 0 Å². The van der Waals surface area contributed by atoms with Gasteiger partial charge in [-0.25, -0.2) is 4.98 Å². The number of benzene rings is 1. The molecule has 0 radical (unpaired) electrons. The van der Waals surface area contributed by atoms with Crippen molar-refractivity contribution in [2.45, 2.75) is 26.8 Å². The molecule has 1 aliphatic heterocycles. The van der Waals surface area contributed by atoms with E-state index >= 15 is 0 Å². The summed E-state index contributed by atoms with van der Waals surface area (Å²) in [6.45, 7) is 8.68. The minimum absolute atomic E-state index is 0.00231. The quantitative estimate of drug-likeness (QED) is 0.362. The number of furan rings is 1. The Kier molecular flexibility index (Phi) is 6.21. The van der Waals surface area contributed by atoms with Gasteiger partial charge in [0.05, 0.1) is 22.2 Å². The molecule has 1 amide bonds. The molecule has 0 saturated carbocycles. The topological polar surface area (TPSA) is 110 Å². The van der Waals surface area contributed by atoms with Crippen molar-refractivity contribution in [1.29, 1.82) is 0 Å².